The first-order valence-corrected chi connectivity index (χ1v) is 10.5. The summed E-state index contributed by atoms with van der Waals surface area (Å²) in [5.74, 6) is -4.64. The molecule has 0 bridgehead atoms. The van der Waals surface area contributed by atoms with Gasteiger partial charge in [0.15, 0.2) is 0 Å². The monoisotopic (exact) mass is 450 g/mol. The third-order valence-corrected chi connectivity index (χ3v) is 5.43. The van der Waals surface area contributed by atoms with E-state index >= 15 is 0 Å². The summed E-state index contributed by atoms with van der Waals surface area (Å²) in [6.45, 7) is 2.15. The number of alkyl halides is 6. The summed E-state index contributed by atoms with van der Waals surface area (Å²) in [4.78, 5) is 0. The summed E-state index contributed by atoms with van der Waals surface area (Å²) >= 11 is 0. The quantitative estimate of drug-likeness (QED) is 0.304. The zero-order chi connectivity index (χ0) is 23.4. The molecule has 6 heteroatoms. The zero-order valence-electron chi connectivity index (χ0n) is 17.6. The molecule has 0 saturated carbocycles. The molecule has 3 aromatic carbocycles. The Morgan fingerprint density at radius 3 is 1.38 bits per heavy atom. The van der Waals surface area contributed by atoms with Crippen LogP contribution in [0.15, 0.2) is 72.8 Å². The Balaban J connectivity index is 1.64. The van der Waals surface area contributed by atoms with Crippen LogP contribution < -0.4 is 0 Å². The molecule has 0 aliphatic heterocycles. The third kappa shape index (κ3) is 5.72. The van der Waals surface area contributed by atoms with Gasteiger partial charge in [-0.05, 0) is 47.1 Å². The third-order valence-electron chi connectivity index (χ3n) is 5.43. The van der Waals surface area contributed by atoms with Gasteiger partial charge < -0.3 is 0 Å². The first-order chi connectivity index (χ1) is 15.1. The summed E-state index contributed by atoms with van der Waals surface area (Å²) in [5, 5.41) is 0. The molecule has 1 atom stereocenters. The highest BCUT2D eigenvalue weighted by Gasteiger charge is 2.57. The molecule has 0 fully saturated rings. The summed E-state index contributed by atoms with van der Waals surface area (Å²) < 4.78 is 78.0. The molecule has 0 nitrogen and oxygen atoms in total. The maximum absolute atomic E-state index is 13.8. The lowest BCUT2D eigenvalue weighted by molar-refractivity contribution is -0.248. The minimum Gasteiger partial charge on any atom is -0.230 e. The summed E-state index contributed by atoms with van der Waals surface area (Å²) in [6, 6.07) is 20.3. The fraction of sp³-hybridized carbons (Fsp3) is 0.308. The van der Waals surface area contributed by atoms with Gasteiger partial charge in [0.25, 0.3) is 6.17 Å². The van der Waals surface area contributed by atoms with Gasteiger partial charge in [-0.25, -0.2) is 4.39 Å². The first-order valence-electron chi connectivity index (χ1n) is 10.5. The van der Waals surface area contributed by atoms with Gasteiger partial charge in [-0.3, -0.25) is 0 Å². The van der Waals surface area contributed by atoms with Gasteiger partial charge >= 0.3 is 12.1 Å². The lowest BCUT2D eigenvalue weighted by Crippen LogP contribution is -2.39. The van der Waals surface area contributed by atoms with Crippen LogP contribution in [0.25, 0.3) is 11.1 Å². The van der Waals surface area contributed by atoms with Crippen LogP contribution in [0.2, 0.25) is 0 Å². The Labute approximate surface area is 183 Å². The van der Waals surface area contributed by atoms with E-state index in [4.69, 9.17) is 0 Å². The van der Waals surface area contributed by atoms with Crippen LogP contribution in [0.3, 0.4) is 0 Å². The van der Waals surface area contributed by atoms with Crippen LogP contribution >= 0.6 is 0 Å². The number of aryl methyl sites for hydroxylation is 3. The molecule has 0 heterocycles. The van der Waals surface area contributed by atoms with E-state index < -0.39 is 23.8 Å². The van der Waals surface area contributed by atoms with E-state index in [9.17, 15) is 26.3 Å². The molecule has 32 heavy (non-hydrogen) atoms. The number of benzene rings is 3. The van der Waals surface area contributed by atoms with E-state index in [-0.39, 0.29) is 0 Å². The van der Waals surface area contributed by atoms with Crippen molar-refractivity contribution in [2.24, 2.45) is 0 Å². The molecular weight excluding hydrogens is 426 g/mol. The van der Waals surface area contributed by atoms with Crippen molar-refractivity contribution in [2.75, 3.05) is 0 Å². The molecule has 1 unspecified atom stereocenters. The molecular formula is C26H24F6. The SMILES string of the molecule is CCCc1ccc(CCc2ccc(-c3ccc(C(F)(F)C(F)C(F)(F)F)cc3)cc2)cc1. The molecule has 0 amide bonds. The summed E-state index contributed by atoms with van der Waals surface area (Å²) in [6.07, 6.45) is -5.97. The number of hydrogen-bond donors (Lipinski definition) is 0. The van der Waals surface area contributed by atoms with E-state index in [1.54, 1.807) is 0 Å². The van der Waals surface area contributed by atoms with Crippen LogP contribution in [0, 0.1) is 0 Å². The second-order valence-corrected chi connectivity index (χ2v) is 7.87. The van der Waals surface area contributed by atoms with Crippen LogP contribution in [-0.2, 0) is 25.2 Å². The van der Waals surface area contributed by atoms with Crippen molar-refractivity contribution >= 4 is 0 Å². The molecule has 3 rings (SSSR count). The molecule has 0 aromatic heterocycles. The maximum atomic E-state index is 13.8. The first kappa shape index (κ1) is 23.9. The molecule has 0 aliphatic carbocycles. The van der Waals surface area contributed by atoms with Crippen LogP contribution in [0.5, 0.6) is 0 Å². The maximum Gasteiger partial charge on any atom is 0.426 e. The van der Waals surface area contributed by atoms with Gasteiger partial charge in [0.1, 0.15) is 0 Å². The minimum atomic E-state index is -5.63. The molecule has 0 spiro atoms. The van der Waals surface area contributed by atoms with Crippen molar-refractivity contribution in [1.29, 1.82) is 0 Å². The average molecular weight is 450 g/mol. The topological polar surface area (TPSA) is 0 Å². The van der Waals surface area contributed by atoms with Crippen molar-refractivity contribution in [2.45, 2.75) is 50.9 Å². The Hall–Kier alpha value is -2.76. The van der Waals surface area contributed by atoms with Gasteiger partial charge in [0.05, 0.1) is 0 Å². The van der Waals surface area contributed by atoms with Crippen LogP contribution in [-0.4, -0.2) is 12.3 Å². The summed E-state index contributed by atoms with van der Waals surface area (Å²) in [5.41, 5.74) is 3.97. The second-order valence-electron chi connectivity index (χ2n) is 7.87. The highest BCUT2D eigenvalue weighted by atomic mass is 19.4. The Morgan fingerprint density at radius 1 is 0.594 bits per heavy atom. The molecule has 0 saturated heterocycles. The predicted molar refractivity (Wildman–Crippen MR) is 115 cm³/mol. The zero-order valence-corrected chi connectivity index (χ0v) is 17.6. The van der Waals surface area contributed by atoms with Gasteiger partial charge in [-0.1, -0.05) is 86.1 Å². The van der Waals surface area contributed by atoms with Crippen molar-refractivity contribution in [3.8, 4) is 11.1 Å². The van der Waals surface area contributed by atoms with E-state index in [0.29, 0.717) is 5.56 Å². The Bertz CT molecular complexity index is 986. The van der Waals surface area contributed by atoms with Gasteiger partial charge in [0.2, 0.25) is 0 Å². The molecule has 0 aliphatic rings. The van der Waals surface area contributed by atoms with E-state index in [1.165, 1.54) is 23.3 Å². The molecule has 3 aromatic rings. The van der Waals surface area contributed by atoms with Crippen molar-refractivity contribution in [3.05, 3.63) is 95.1 Å². The Morgan fingerprint density at radius 2 is 0.969 bits per heavy atom. The highest BCUT2D eigenvalue weighted by molar-refractivity contribution is 5.64. The number of hydrogen-bond acceptors (Lipinski definition) is 0. The van der Waals surface area contributed by atoms with Crippen molar-refractivity contribution in [1.82, 2.24) is 0 Å². The van der Waals surface area contributed by atoms with Gasteiger partial charge in [-0.15, -0.1) is 0 Å². The molecule has 170 valence electrons. The lowest BCUT2D eigenvalue weighted by Gasteiger charge is -2.23. The minimum absolute atomic E-state index is 0.560. The van der Waals surface area contributed by atoms with E-state index in [0.717, 1.165) is 48.9 Å². The van der Waals surface area contributed by atoms with Crippen LogP contribution in [0.4, 0.5) is 26.3 Å². The van der Waals surface area contributed by atoms with Gasteiger partial charge in [-0.2, -0.15) is 22.0 Å². The lowest BCUT2D eigenvalue weighted by atomic mass is 9.97. The fourth-order valence-electron chi connectivity index (χ4n) is 3.55. The standard InChI is InChI=1S/C26H24F6/c1-2-3-18-4-6-19(7-5-18)8-9-20-10-12-21(13-11-20)22-14-16-23(17-15-22)25(28,29)24(27)26(30,31)32/h4-7,10-17,24H,2-3,8-9H2,1H3. The molecule has 0 radical (unpaired) electrons. The van der Waals surface area contributed by atoms with E-state index in [1.807, 2.05) is 24.3 Å². The van der Waals surface area contributed by atoms with Crippen LogP contribution in [0.1, 0.15) is 35.6 Å². The van der Waals surface area contributed by atoms with E-state index in [2.05, 4.69) is 31.2 Å². The predicted octanol–water partition coefficient (Wildman–Crippen LogP) is 8.08. The highest BCUT2D eigenvalue weighted by Crippen LogP contribution is 2.42. The summed E-state index contributed by atoms with van der Waals surface area (Å²) in [7, 11) is 0. The largest absolute Gasteiger partial charge is 0.426 e. The number of rotatable bonds is 8. The number of halogens is 6. The molecule has 0 N–H and O–H groups in total. The van der Waals surface area contributed by atoms with Crippen molar-refractivity contribution in [3.63, 3.8) is 0 Å². The fourth-order valence-corrected chi connectivity index (χ4v) is 3.55. The normalized spacial score (nSPS) is 13.2. The van der Waals surface area contributed by atoms with Crippen molar-refractivity contribution < 1.29 is 26.3 Å². The second kappa shape index (κ2) is 9.80. The average Bonchev–Trinajstić information content (AvgIpc) is 2.78. The Kier molecular flexibility index (Phi) is 7.32. The van der Waals surface area contributed by atoms with Gasteiger partial charge in [0, 0.05) is 5.56 Å². The smallest absolute Gasteiger partial charge is 0.230 e.